The van der Waals surface area contributed by atoms with Gasteiger partial charge in [0, 0.05) is 37.6 Å². The number of morpholine rings is 1. The first-order valence-corrected chi connectivity index (χ1v) is 15.9. The molecule has 0 spiro atoms. The smallest absolute Gasteiger partial charge is 0.307 e. The number of rotatable bonds is 10. The first kappa shape index (κ1) is 29.3. The number of amides is 1. The van der Waals surface area contributed by atoms with Gasteiger partial charge >= 0.3 is 5.97 Å². The monoisotopic (exact) mass is 585 g/mol. The molecule has 9 unspecified atom stereocenters. The highest BCUT2D eigenvalue weighted by Crippen LogP contribution is 2.51. The van der Waals surface area contributed by atoms with Crippen LogP contribution in [0.1, 0.15) is 64.7 Å². The number of imidazole rings is 1. The fraction of sp³-hybridized carbons (Fsp3) is 0.742. The Hall–Kier alpha value is -2.79. The predicted octanol–water partition coefficient (Wildman–Crippen LogP) is 2.53. The van der Waals surface area contributed by atoms with Gasteiger partial charge in [0.15, 0.2) is 5.78 Å². The van der Waals surface area contributed by atoms with Crippen LogP contribution >= 0.6 is 0 Å². The molecule has 10 nitrogen and oxygen atoms in total. The number of ether oxygens (including phenoxy) is 2. The average Bonchev–Trinajstić information content (AvgIpc) is 3.51. The van der Waals surface area contributed by atoms with Crippen molar-refractivity contribution < 1.29 is 28.2 Å². The number of carbonyl (C=O) groups is 3. The zero-order chi connectivity index (χ0) is 29.2. The van der Waals surface area contributed by atoms with Crippen molar-refractivity contribution in [1.29, 1.82) is 0 Å². The molecule has 42 heavy (non-hydrogen) atoms. The van der Waals surface area contributed by atoms with Crippen LogP contribution in [-0.4, -0.2) is 88.3 Å². The quantitative estimate of drug-likeness (QED) is 0.245. The van der Waals surface area contributed by atoms with Crippen molar-refractivity contribution in [3.63, 3.8) is 0 Å². The lowest BCUT2D eigenvalue weighted by molar-refractivity contribution is -0.215. The Morgan fingerprint density at radius 2 is 2.02 bits per heavy atom. The molecule has 0 aromatic carbocycles. The number of hydrogen-bond donors (Lipinski definition) is 2. The van der Waals surface area contributed by atoms with Crippen molar-refractivity contribution in [1.82, 2.24) is 25.1 Å². The van der Waals surface area contributed by atoms with E-state index in [1.165, 1.54) is 19.3 Å². The molecule has 230 valence electrons. The summed E-state index contributed by atoms with van der Waals surface area (Å²) in [6, 6.07) is -0.766. The van der Waals surface area contributed by atoms with Crippen LogP contribution in [0.5, 0.6) is 0 Å². The van der Waals surface area contributed by atoms with E-state index >= 15 is 4.39 Å². The molecule has 9 atom stereocenters. The second kappa shape index (κ2) is 12.8. The number of fused-ring (bicyclic) bond motifs is 4. The minimum atomic E-state index is -1.27. The molecule has 4 fully saturated rings. The van der Waals surface area contributed by atoms with Crippen LogP contribution in [0.25, 0.3) is 0 Å². The van der Waals surface area contributed by atoms with Gasteiger partial charge in [-0.3, -0.25) is 14.4 Å². The Morgan fingerprint density at radius 3 is 2.83 bits per heavy atom. The molecule has 2 N–H and O–H groups in total. The molecule has 1 saturated heterocycles. The van der Waals surface area contributed by atoms with Gasteiger partial charge in [-0.05, 0) is 57.4 Å². The number of aryl methyl sites for hydroxylation is 1. The van der Waals surface area contributed by atoms with E-state index in [0.717, 1.165) is 32.2 Å². The molecule has 1 amide bonds. The molecule has 0 radical (unpaired) electrons. The Labute approximate surface area is 246 Å². The van der Waals surface area contributed by atoms with Gasteiger partial charge in [-0.1, -0.05) is 19.3 Å². The molecule has 2 aliphatic heterocycles. The van der Waals surface area contributed by atoms with Crippen LogP contribution in [0.15, 0.2) is 30.5 Å². The predicted molar refractivity (Wildman–Crippen MR) is 152 cm³/mol. The van der Waals surface area contributed by atoms with Gasteiger partial charge in [-0.2, -0.15) is 0 Å². The summed E-state index contributed by atoms with van der Waals surface area (Å²) >= 11 is 0. The number of halogens is 1. The summed E-state index contributed by atoms with van der Waals surface area (Å²) in [5.41, 5.74) is 0.0661. The molecular formula is C31H44FN5O5. The summed E-state index contributed by atoms with van der Waals surface area (Å²) in [7, 11) is 0. The lowest BCUT2D eigenvalue weighted by atomic mass is 9.63. The van der Waals surface area contributed by atoms with Crippen molar-refractivity contribution in [2.75, 3.05) is 19.7 Å². The normalized spacial score (nSPS) is 35.4. The van der Waals surface area contributed by atoms with Crippen LogP contribution in [-0.2, 0) is 30.4 Å². The number of aromatic nitrogens is 2. The van der Waals surface area contributed by atoms with Crippen molar-refractivity contribution in [2.24, 2.45) is 17.8 Å². The van der Waals surface area contributed by atoms with E-state index in [-0.39, 0.29) is 55.5 Å². The first-order valence-electron chi connectivity index (χ1n) is 15.9. The van der Waals surface area contributed by atoms with Crippen molar-refractivity contribution >= 4 is 17.7 Å². The van der Waals surface area contributed by atoms with Crippen molar-refractivity contribution in [3.05, 3.63) is 30.5 Å². The second-order valence-electron chi connectivity index (χ2n) is 12.6. The number of ketones is 1. The maximum Gasteiger partial charge on any atom is 0.307 e. The average molecular weight is 586 g/mol. The highest BCUT2D eigenvalue weighted by molar-refractivity contribution is 6.20. The molecule has 1 aromatic rings. The molecule has 6 rings (SSSR count). The third kappa shape index (κ3) is 5.74. The fourth-order valence-electron chi connectivity index (χ4n) is 8.37. The van der Waals surface area contributed by atoms with Gasteiger partial charge in [0.1, 0.15) is 6.17 Å². The molecule has 5 aliphatic rings. The highest BCUT2D eigenvalue weighted by atomic mass is 19.1. The lowest BCUT2D eigenvalue weighted by Crippen LogP contribution is -2.74. The Bertz CT molecular complexity index is 1160. The number of carbonyl (C=O) groups excluding carboxylic acids is 3. The van der Waals surface area contributed by atoms with Crippen LogP contribution in [0.2, 0.25) is 0 Å². The largest absolute Gasteiger partial charge is 0.466 e. The fourth-order valence-corrected chi connectivity index (χ4v) is 8.37. The van der Waals surface area contributed by atoms with Crippen molar-refractivity contribution in [2.45, 2.75) is 108 Å². The Balaban J connectivity index is 1.24. The van der Waals surface area contributed by atoms with E-state index in [9.17, 15) is 14.4 Å². The number of alkyl halides is 1. The van der Waals surface area contributed by atoms with E-state index in [1.807, 2.05) is 10.8 Å². The molecule has 3 saturated carbocycles. The van der Waals surface area contributed by atoms with Gasteiger partial charge < -0.3 is 29.6 Å². The topological polar surface area (TPSA) is 115 Å². The Kier molecular flexibility index (Phi) is 8.95. The molecule has 0 bridgehead atoms. The minimum absolute atomic E-state index is 0.0297. The summed E-state index contributed by atoms with van der Waals surface area (Å²) in [6.45, 7) is 3.48. The van der Waals surface area contributed by atoms with Gasteiger partial charge in [-0.25, -0.2) is 9.37 Å². The number of esters is 1. The Morgan fingerprint density at radius 1 is 1.17 bits per heavy atom. The van der Waals surface area contributed by atoms with E-state index in [2.05, 4.69) is 20.5 Å². The second-order valence-corrected chi connectivity index (χ2v) is 12.6. The van der Waals surface area contributed by atoms with E-state index in [4.69, 9.17) is 9.47 Å². The molecule has 11 heteroatoms. The van der Waals surface area contributed by atoms with Crippen LogP contribution in [0.3, 0.4) is 0 Å². The summed E-state index contributed by atoms with van der Waals surface area (Å²) in [6.07, 6.45) is 13.0. The van der Waals surface area contributed by atoms with E-state index in [1.54, 1.807) is 25.6 Å². The summed E-state index contributed by atoms with van der Waals surface area (Å²) in [5, 5.41) is 6.19. The molecule has 3 aliphatic carbocycles. The molecular weight excluding hydrogens is 541 g/mol. The number of nitrogens with zero attached hydrogens (tertiary/aromatic N) is 3. The highest BCUT2D eigenvalue weighted by Gasteiger charge is 2.60. The van der Waals surface area contributed by atoms with Crippen LogP contribution in [0.4, 0.5) is 4.39 Å². The third-order valence-corrected chi connectivity index (χ3v) is 10.2. The van der Waals surface area contributed by atoms with E-state index < -0.39 is 36.1 Å². The standard InChI is InChI=1S/C31H44FN5O5/c1-2-41-25(38)10-12-35-31(40)22-17-37-27-20-7-4-3-6-19(20)8-9-24(27)42-30-26(23(32)16-21(28(30)37)29(22)39)34-11-5-14-36-15-13-33-18-36/h13,15,17-21,23-24,26-28,30,34H,2-12,14,16H2,1H3,(H,35,40). The van der Waals surface area contributed by atoms with Gasteiger partial charge in [0.2, 0.25) is 0 Å². The number of hydrogen-bond acceptors (Lipinski definition) is 8. The van der Waals surface area contributed by atoms with Crippen LogP contribution in [0, 0.1) is 17.8 Å². The summed E-state index contributed by atoms with van der Waals surface area (Å²) in [4.78, 5) is 45.3. The maximum atomic E-state index is 16.0. The van der Waals surface area contributed by atoms with E-state index in [0.29, 0.717) is 18.4 Å². The summed E-state index contributed by atoms with van der Waals surface area (Å²) < 4.78 is 29.8. The third-order valence-electron chi connectivity index (χ3n) is 10.2. The zero-order valence-electron chi connectivity index (χ0n) is 24.5. The van der Waals surface area contributed by atoms with Gasteiger partial charge in [0.05, 0.1) is 55.3 Å². The zero-order valence-corrected chi connectivity index (χ0v) is 24.5. The molecule has 3 heterocycles. The van der Waals surface area contributed by atoms with Gasteiger partial charge in [-0.15, -0.1) is 0 Å². The SMILES string of the molecule is CCOC(=O)CCNC(=O)C1=CN2C3C(CCC4CCCCC43)OC3C(NCCCn4ccnc4)C(F)CC(C1=O)C32. The summed E-state index contributed by atoms with van der Waals surface area (Å²) in [5.74, 6) is -0.845. The minimum Gasteiger partial charge on any atom is -0.466 e. The molecule has 1 aromatic heterocycles. The maximum absolute atomic E-state index is 16.0. The number of Topliss-reactive ketones (excluding diaryl/α,β-unsaturated/α-hetero) is 1. The van der Waals surface area contributed by atoms with Crippen LogP contribution < -0.4 is 10.6 Å². The lowest BCUT2D eigenvalue weighted by Gasteiger charge is -2.62. The number of nitrogens with one attached hydrogen (secondary N) is 2. The van der Waals surface area contributed by atoms with Crippen molar-refractivity contribution in [3.8, 4) is 0 Å². The first-order chi connectivity index (χ1) is 20.5. The van der Waals surface area contributed by atoms with Gasteiger partial charge in [0.25, 0.3) is 5.91 Å².